The summed E-state index contributed by atoms with van der Waals surface area (Å²) in [5.74, 6) is -0.255. The summed E-state index contributed by atoms with van der Waals surface area (Å²) in [5, 5.41) is 2.98. The lowest BCUT2D eigenvalue weighted by atomic mass is 10.1. The van der Waals surface area contributed by atoms with Crippen LogP contribution in [-0.4, -0.2) is 24.9 Å². The molecule has 0 saturated carbocycles. The predicted octanol–water partition coefficient (Wildman–Crippen LogP) is 3.10. The van der Waals surface area contributed by atoms with E-state index in [1.54, 1.807) is 4.90 Å². The zero-order valence-electron chi connectivity index (χ0n) is 14.6. The van der Waals surface area contributed by atoms with Gasteiger partial charge in [-0.25, -0.2) is 0 Å². The molecule has 0 aliphatic carbocycles. The lowest BCUT2D eigenvalue weighted by molar-refractivity contribution is -0.126. The van der Waals surface area contributed by atoms with Crippen LogP contribution in [0.15, 0.2) is 54.6 Å². The molecule has 1 aliphatic rings. The highest BCUT2D eigenvalue weighted by Gasteiger charge is 2.34. The van der Waals surface area contributed by atoms with Gasteiger partial charge >= 0.3 is 0 Å². The number of amides is 2. The first kappa shape index (κ1) is 17.2. The molecule has 4 heteroatoms. The normalized spacial score (nSPS) is 16.9. The van der Waals surface area contributed by atoms with Crippen LogP contribution in [0.2, 0.25) is 0 Å². The van der Waals surface area contributed by atoms with Gasteiger partial charge in [-0.3, -0.25) is 9.59 Å². The number of carbonyl (C=O) groups is 2. The molecule has 25 heavy (non-hydrogen) atoms. The van der Waals surface area contributed by atoms with E-state index < -0.39 is 0 Å². The van der Waals surface area contributed by atoms with Gasteiger partial charge in [0.2, 0.25) is 11.8 Å². The second-order valence-electron chi connectivity index (χ2n) is 6.62. The van der Waals surface area contributed by atoms with E-state index in [2.05, 4.69) is 17.4 Å². The summed E-state index contributed by atoms with van der Waals surface area (Å²) in [7, 11) is 0. The first-order valence-corrected chi connectivity index (χ1v) is 8.82. The van der Waals surface area contributed by atoms with E-state index in [1.165, 1.54) is 5.56 Å². The van der Waals surface area contributed by atoms with Crippen LogP contribution in [0.3, 0.4) is 0 Å². The fourth-order valence-electron chi connectivity index (χ4n) is 3.15. The SMILES string of the molecule is Cc1ccc(N2C[C@@H](C(=O)NCCCc3ccccc3)CC2=O)cc1. The van der Waals surface area contributed by atoms with Crippen molar-refractivity contribution in [3.8, 4) is 0 Å². The quantitative estimate of drug-likeness (QED) is 0.824. The Hall–Kier alpha value is -2.62. The molecule has 2 aromatic rings. The van der Waals surface area contributed by atoms with Gasteiger partial charge in [0.25, 0.3) is 0 Å². The molecule has 1 heterocycles. The van der Waals surface area contributed by atoms with E-state index in [9.17, 15) is 9.59 Å². The topological polar surface area (TPSA) is 49.4 Å². The Balaban J connectivity index is 1.46. The summed E-state index contributed by atoms with van der Waals surface area (Å²) in [6.45, 7) is 3.12. The third-order valence-electron chi connectivity index (χ3n) is 4.63. The van der Waals surface area contributed by atoms with Crippen molar-refractivity contribution in [1.29, 1.82) is 0 Å². The fourth-order valence-corrected chi connectivity index (χ4v) is 3.15. The zero-order valence-corrected chi connectivity index (χ0v) is 14.6. The summed E-state index contributed by atoms with van der Waals surface area (Å²) in [5.41, 5.74) is 3.30. The Bertz CT molecular complexity index is 725. The number of anilines is 1. The van der Waals surface area contributed by atoms with Gasteiger partial charge in [0.15, 0.2) is 0 Å². The van der Waals surface area contributed by atoms with E-state index in [-0.39, 0.29) is 17.7 Å². The van der Waals surface area contributed by atoms with Gasteiger partial charge in [0.1, 0.15) is 0 Å². The molecule has 1 fully saturated rings. The molecule has 1 saturated heterocycles. The predicted molar refractivity (Wildman–Crippen MR) is 99.4 cm³/mol. The van der Waals surface area contributed by atoms with Crippen molar-refractivity contribution in [2.75, 3.05) is 18.0 Å². The number of hydrogen-bond donors (Lipinski definition) is 1. The van der Waals surface area contributed by atoms with Crippen LogP contribution in [-0.2, 0) is 16.0 Å². The Morgan fingerprint density at radius 3 is 2.56 bits per heavy atom. The summed E-state index contributed by atoms with van der Waals surface area (Å²) >= 11 is 0. The number of carbonyl (C=O) groups excluding carboxylic acids is 2. The Labute approximate surface area is 148 Å². The average molecular weight is 336 g/mol. The molecule has 4 nitrogen and oxygen atoms in total. The number of rotatable bonds is 6. The molecule has 1 atom stereocenters. The minimum absolute atomic E-state index is 0.0176. The van der Waals surface area contributed by atoms with Crippen molar-refractivity contribution in [1.82, 2.24) is 5.32 Å². The van der Waals surface area contributed by atoms with E-state index in [0.717, 1.165) is 24.1 Å². The third-order valence-corrected chi connectivity index (χ3v) is 4.63. The standard InChI is InChI=1S/C21H24N2O2/c1-16-9-11-19(12-10-16)23-15-18(14-20(23)24)21(25)22-13-5-8-17-6-3-2-4-7-17/h2-4,6-7,9-12,18H,5,8,13-15H2,1H3,(H,22,25)/t18-/m0/s1. The first-order chi connectivity index (χ1) is 12.1. The molecule has 3 rings (SSSR count). The molecule has 1 aliphatic heterocycles. The van der Waals surface area contributed by atoms with Gasteiger partial charge in [-0.05, 0) is 37.5 Å². The molecule has 2 amide bonds. The van der Waals surface area contributed by atoms with Crippen LogP contribution >= 0.6 is 0 Å². The molecule has 1 N–H and O–H groups in total. The maximum atomic E-state index is 12.3. The summed E-state index contributed by atoms with van der Waals surface area (Å²) in [4.78, 5) is 26.3. The van der Waals surface area contributed by atoms with Crippen LogP contribution in [0.25, 0.3) is 0 Å². The Kier molecular flexibility index (Phi) is 5.49. The van der Waals surface area contributed by atoms with Crippen molar-refractivity contribution < 1.29 is 9.59 Å². The summed E-state index contributed by atoms with van der Waals surface area (Å²) in [6.07, 6.45) is 2.14. The molecule has 0 radical (unpaired) electrons. The number of aryl methyl sites for hydroxylation is 2. The van der Waals surface area contributed by atoms with Crippen LogP contribution in [0.5, 0.6) is 0 Å². The van der Waals surface area contributed by atoms with Gasteiger partial charge in [-0.2, -0.15) is 0 Å². The van der Waals surface area contributed by atoms with Crippen molar-refractivity contribution >= 4 is 17.5 Å². The monoisotopic (exact) mass is 336 g/mol. The minimum atomic E-state index is -0.259. The Morgan fingerprint density at radius 2 is 1.84 bits per heavy atom. The van der Waals surface area contributed by atoms with E-state index >= 15 is 0 Å². The van der Waals surface area contributed by atoms with Gasteiger partial charge in [0, 0.05) is 25.2 Å². The number of nitrogens with one attached hydrogen (secondary N) is 1. The molecule has 0 aromatic heterocycles. The van der Waals surface area contributed by atoms with Crippen molar-refractivity contribution in [3.63, 3.8) is 0 Å². The maximum Gasteiger partial charge on any atom is 0.227 e. The smallest absolute Gasteiger partial charge is 0.227 e. The molecular formula is C21H24N2O2. The highest BCUT2D eigenvalue weighted by molar-refractivity contribution is 6.00. The molecular weight excluding hydrogens is 312 g/mol. The van der Waals surface area contributed by atoms with Crippen LogP contribution in [0.1, 0.15) is 24.0 Å². The van der Waals surface area contributed by atoms with Gasteiger partial charge in [-0.1, -0.05) is 48.0 Å². The minimum Gasteiger partial charge on any atom is -0.356 e. The second-order valence-corrected chi connectivity index (χ2v) is 6.62. The van der Waals surface area contributed by atoms with Gasteiger partial charge in [0.05, 0.1) is 5.92 Å². The highest BCUT2D eigenvalue weighted by Crippen LogP contribution is 2.25. The van der Waals surface area contributed by atoms with Crippen LogP contribution in [0, 0.1) is 12.8 Å². The third kappa shape index (κ3) is 4.47. The largest absolute Gasteiger partial charge is 0.356 e. The first-order valence-electron chi connectivity index (χ1n) is 8.82. The summed E-state index contributed by atoms with van der Waals surface area (Å²) < 4.78 is 0. The van der Waals surface area contributed by atoms with Gasteiger partial charge in [-0.15, -0.1) is 0 Å². The van der Waals surface area contributed by atoms with Crippen molar-refractivity contribution in [2.24, 2.45) is 5.92 Å². The molecule has 0 spiro atoms. The van der Waals surface area contributed by atoms with Crippen LogP contribution in [0.4, 0.5) is 5.69 Å². The molecule has 0 bridgehead atoms. The molecule has 2 aromatic carbocycles. The zero-order chi connectivity index (χ0) is 17.6. The second kappa shape index (κ2) is 7.97. The summed E-state index contributed by atoms with van der Waals surface area (Å²) in [6, 6.07) is 18.1. The Morgan fingerprint density at radius 1 is 1.12 bits per heavy atom. The number of benzene rings is 2. The van der Waals surface area contributed by atoms with E-state index in [4.69, 9.17) is 0 Å². The van der Waals surface area contributed by atoms with Crippen molar-refractivity contribution in [3.05, 3.63) is 65.7 Å². The fraction of sp³-hybridized carbons (Fsp3) is 0.333. The lowest BCUT2D eigenvalue weighted by Gasteiger charge is -2.17. The maximum absolute atomic E-state index is 12.3. The number of nitrogens with zero attached hydrogens (tertiary/aromatic N) is 1. The van der Waals surface area contributed by atoms with Crippen LogP contribution < -0.4 is 10.2 Å². The number of hydrogen-bond acceptors (Lipinski definition) is 2. The lowest BCUT2D eigenvalue weighted by Crippen LogP contribution is -2.33. The van der Waals surface area contributed by atoms with E-state index in [1.807, 2.05) is 49.4 Å². The van der Waals surface area contributed by atoms with Gasteiger partial charge < -0.3 is 10.2 Å². The highest BCUT2D eigenvalue weighted by atomic mass is 16.2. The molecule has 0 unspecified atom stereocenters. The molecule has 130 valence electrons. The average Bonchev–Trinajstić information content (AvgIpc) is 3.02. The van der Waals surface area contributed by atoms with Crippen molar-refractivity contribution in [2.45, 2.75) is 26.2 Å². The van der Waals surface area contributed by atoms with E-state index in [0.29, 0.717) is 19.5 Å².